The van der Waals surface area contributed by atoms with Crippen LogP contribution in [0.25, 0.3) is 0 Å². The van der Waals surface area contributed by atoms with Crippen LogP contribution >= 0.6 is 11.6 Å². The maximum Gasteiger partial charge on any atom is 0.450 e. The van der Waals surface area contributed by atoms with Gasteiger partial charge in [0, 0.05) is 6.54 Å². The summed E-state index contributed by atoms with van der Waals surface area (Å²) < 4.78 is 44.4. The molecule has 1 aromatic carbocycles. The summed E-state index contributed by atoms with van der Waals surface area (Å²) in [5.41, 5.74) is -0.802. The van der Waals surface area contributed by atoms with Gasteiger partial charge in [0.05, 0.1) is 10.4 Å². The first-order valence-corrected chi connectivity index (χ1v) is 7.47. The Labute approximate surface area is 137 Å². The van der Waals surface area contributed by atoms with Gasteiger partial charge in [-0.15, -0.1) is 0 Å². The quantitative estimate of drug-likeness (QED) is 0.848. The number of alkyl halides is 3. The predicted octanol–water partition coefficient (Wildman–Crippen LogP) is 3.44. The Bertz CT molecular complexity index is 630. The Hall–Kier alpha value is -1.53. The lowest BCUT2D eigenvalue weighted by atomic mass is 9.76. The first-order valence-electron chi connectivity index (χ1n) is 7.09. The van der Waals surface area contributed by atoms with Crippen molar-refractivity contribution >= 4 is 17.4 Å². The minimum atomic E-state index is -4.91. The first kappa shape index (κ1) is 17.8. The summed E-state index contributed by atoms with van der Waals surface area (Å²) in [6, 6.07) is 3.02. The lowest BCUT2D eigenvalue weighted by Gasteiger charge is -2.30. The molecular weight excluding hydrogens is 331 g/mol. The van der Waals surface area contributed by atoms with Gasteiger partial charge in [-0.3, -0.25) is 4.79 Å². The number of rotatable bonds is 4. The molecule has 0 aliphatic carbocycles. The van der Waals surface area contributed by atoms with E-state index in [2.05, 4.69) is 11.9 Å². The number of carbonyl (C=O) groups is 1. The van der Waals surface area contributed by atoms with Gasteiger partial charge in [0.2, 0.25) is 5.78 Å². The van der Waals surface area contributed by atoms with Crippen molar-refractivity contribution in [2.45, 2.75) is 24.9 Å². The van der Waals surface area contributed by atoms with Crippen molar-refractivity contribution in [1.29, 1.82) is 0 Å². The van der Waals surface area contributed by atoms with Gasteiger partial charge in [-0.05, 0) is 43.1 Å². The van der Waals surface area contributed by atoms with Gasteiger partial charge in [-0.25, -0.2) is 0 Å². The molecule has 7 heteroatoms. The summed E-state index contributed by atoms with van der Waals surface area (Å²) in [5, 5.41) is 3.07. The van der Waals surface area contributed by atoms with E-state index in [0.717, 1.165) is 0 Å². The maximum atomic E-state index is 13.0. The summed E-state index contributed by atoms with van der Waals surface area (Å²) >= 11 is 6.12. The van der Waals surface area contributed by atoms with Gasteiger partial charge < -0.3 is 10.1 Å². The number of ketones is 1. The van der Waals surface area contributed by atoms with Crippen molar-refractivity contribution in [2.75, 3.05) is 19.7 Å². The highest BCUT2D eigenvalue weighted by molar-refractivity contribution is 6.32. The summed E-state index contributed by atoms with van der Waals surface area (Å²) in [7, 11) is 0. The van der Waals surface area contributed by atoms with Crippen LogP contribution in [0.3, 0.4) is 0 Å². The van der Waals surface area contributed by atoms with E-state index < -0.39 is 17.4 Å². The van der Waals surface area contributed by atoms with Crippen LogP contribution < -0.4 is 10.1 Å². The number of hydrogen-bond acceptors (Lipinski definition) is 3. The fraction of sp³-hybridized carbons (Fsp3) is 0.438. The highest BCUT2D eigenvalue weighted by atomic mass is 35.5. The molecule has 1 atom stereocenters. The molecule has 0 saturated carbocycles. The smallest absolute Gasteiger partial charge is 0.450 e. The van der Waals surface area contributed by atoms with Crippen LogP contribution in [0.15, 0.2) is 24.8 Å². The summed E-state index contributed by atoms with van der Waals surface area (Å²) in [6.45, 7) is 5.43. The lowest BCUT2D eigenvalue weighted by molar-refractivity contribution is -0.176. The van der Waals surface area contributed by atoms with E-state index in [4.69, 9.17) is 16.3 Å². The van der Waals surface area contributed by atoms with Crippen molar-refractivity contribution in [3.63, 3.8) is 0 Å². The Kier molecular flexibility index (Phi) is 5.06. The fourth-order valence-electron chi connectivity index (χ4n) is 2.75. The molecule has 0 aromatic heterocycles. The van der Waals surface area contributed by atoms with E-state index in [-0.39, 0.29) is 18.2 Å². The minimum absolute atomic E-state index is 0.0957. The van der Waals surface area contributed by atoms with E-state index in [1.165, 1.54) is 13.0 Å². The monoisotopic (exact) mass is 347 g/mol. The molecule has 0 radical (unpaired) electrons. The van der Waals surface area contributed by atoms with Crippen LogP contribution in [-0.4, -0.2) is 31.7 Å². The molecule has 1 aliphatic heterocycles. The van der Waals surface area contributed by atoms with Gasteiger partial charge in [-0.1, -0.05) is 24.3 Å². The zero-order valence-corrected chi connectivity index (χ0v) is 13.4. The van der Waals surface area contributed by atoms with Crippen LogP contribution in [0.1, 0.15) is 18.1 Å². The van der Waals surface area contributed by atoms with Crippen LogP contribution in [-0.2, 0) is 16.6 Å². The SMILES string of the molecule is C=CCOc1cc2c(cc1Cl)C(C)(C(=O)C(F)(F)F)CNCC2. The second-order valence-electron chi connectivity index (χ2n) is 5.63. The van der Waals surface area contributed by atoms with Crippen molar-refractivity contribution in [2.24, 2.45) is 0 Å². The second-order valence-corrected chi connectivity index (χ2v) is 6.03. The van der Waals surface area contributed by atoms with Gasteiger partial charge in [-0.2, -0.15) is 13.2 Å². The Morgan fingerprint density at radius 2 is 2.22 bits per heavy atom. The highest BCUT2D eigenvalue weighted by Crippen LogP contribution is 2.39. The first-order chi connectivity index (χ1) is 10.7. The third-order valence-corrected chi connectivity index (χ3v) is 4.21. The topological polar surface area (TPSA) is 38.3 Å². The molecule has 1 aromatic rings. The maximum absolute atomic E-state index is 13.0. The number of benzene rings is 1. The average molecular weight is 348 g/mol. The molecule has 3 nitrogen and oxygen atoms in total. The van der Waals surface area contributed by atoms with Crippen molar-refractivity contribution in [3.05, 3.63) is 40.9 Å². The average Bonchev–Trinajstić information content (AvgIpc) is 2.64. The Morgan fingerprint density at radius 3 is 2.83 bits per heavy atom. The third-order valence-electron chi connectivity index (χ3n) is 3.92. The molecule has 1 heterocycles. The van der Waals surface area contributed by atoms with Gasteiger partial charge in [0.15, 0.2) is 0 Å². The van der Waals surface area contributed by atoms with Gasteiger partial charge in [0.1, 0.15) is 12.4 Å². The van der Waals surface area contributed by atoms with Crippen LogP contribution in [0.2, 0.25) is 5.02 Å². The number of fused-ring (bicyclic) bond motifs is 1. The molecule has 0 fully saturated rings. The fourth-order valence-corrected chi connectivity index (χ4v) is 2.97. The number of ether oxygens (including phenoxy) is 1. The zero-order valence-electron chi connectivity index (χ0n) is 12.6. The molecule has 126 valence electrons. The highest BCUT2D eigenvalue weighted by Gasteiger charge is 2.52. The standard InChI is InChI=1S/C16H17ClF3NO2/c1-3-6-23-13-7-10-4-5-21-9-15(2,11(10)8-12(13)17)14(22)16(18,19)20/h3,7-8,21H,1,4-6,9H2,2H3. The number of hydrogen-bond donors (Lipinski definition) is 1. The van der Waals surface area contributed by atoms with Crippen molar-refractivity contribution in [3.8, 4) is 5.75 Å². The second kappa shape index (κ2) is 6.53. The third kappa shape index (κ3) is 3.53. The summed E-state index contributed by atoms with van der Waals surface area (Å²) in [5.74, 6) is -1.41. The van der Waals surface area contributed by atoms with E-state index in [0.29, 0.717) is 29.8 Å². The van der Waals surface area contributed by atoms with E-state index >= 15 is 0 Å². The Balaban J connectivity index is 2.54. The molecule has 1 N–H and O–H groups in total. The molecule has 2 rings (SSSR count). The number of halogens is 4. The molecule has 0 saturated heterocycles. The van der Waals surface area contributed by atoms with Crippen LogP contribution in [0.4, 0.5) is 13.2 Å². The molecule has 1 aliphatic rings. The Morgan fingerprint density at radius 1 is 1.52 bits per heavy atom. The van der Waals surface area contributed by atoms with Crippen molar-refractivity contribution < 1.29 is 22.7 Å². The number of nitrogens with one attached hydrogen (secondary N) is 1. The molecular formula is C16H17ClF3NO2. The van der Waals surface area contributed by atoms with E-state index in [1.54, 1.807) is 12.1 Å². The number of carbonyl (C=O) groups excluding carboxylic acids is 1. The van der Waals surface area contributed by atoms with Crippen LogP contribution in [0, 0.1) is 0 Å². The number of Topliss-reactive ketones (excluding diaryl/α,β-unsaturated/α-hetero) is 1. The minimum Gasteiger partial charge on any atom is -0.488 e. The lowest BCUT2D eigenvalue weighted by Crippen LogP contribution is -2.48. The van der Waals surface area contributed by atoms with E-state index in [1.807, 2.05) is 0 Å². The molecule has 23 heavy (non-hydrogen) atoms. The largest absolute Gasteiger partial charge is 0.488 e. The summed E-state index contributed by atoms with van der Waals surface area (Å²) in [4.78, 5) is 12.0. The van der Waals surface area contributed by atoms with E-state index in [9.17, 15) is 18.0 Å². The van der Waals surface area contributed by atoms with Crippen LogP contribution in [0.5, 0.6) is 5.75 Å². The summed E-state index contributed by atoms with van der Waals surface area (Å²) in [6.07, 6.45) is -2.89. The van der Waals surface area contributed by atoms with Crippen molar-refractivity contribution in [1.82, 2.24) is 5.32 Å². The zero-order chi connectivity index (χ0) is 17.3. The van der Waals surface area contributed by atoms with Gasteiger partial charge >= 0.3 is 6.18 Å². The normalized spacial score (nSPS) is 21.3. The van der Waals surface area contributed by atoms with Gasteiger partial charge in [0.25, 0.3) is 0 Å². The molecule has 0 amide bonds. The molecule has 1 unspecified atom stereocenters. The molecule has 0 spiro atoms. The molecule has 0 bridgehead atoms. The predicted molar refractivity (Wildman–Crippen MR) is 82.1 cm³/mol.